The molecule has 0 aliphatic heterocycles. The molecule has 0 amide bonds. The monoisotopic (exact) mass is 277 g/mol. The second-order valence-corrected chi connectivity index (χ2v) is 5.16. The van der Waals surface area contributed by atoms with Crippen LogP contribution in [0.2, 0.25) is 0 Å². The number of aromatic nitrogens is 1. The summed E-state index contributed by atoms with van der Waals surface area (Å²) in [7, 11) is 0. The third-order valence-electron chi connectivity index (χ3n) is 3.08. The zero-order chi connectivity index (χ0) is 14.5. The first-order valence-corrected chi connectivity index (χ1v) is 6.92. The fourth-order valence-electron chi connectivity index (χ4n) is 2.09. The molecular formula is C15H19NO4. The Labute approximate surface area is 118 Å². The normalized spacial score (nSPS) is 18.9. The lowest BCUT2D eigenvalue weighted by Crippen LogP contribution is -2.30. The topological polar surface area (TPSA) is 65.5 Å². The number of esters is 1. The number of hydrogen-bond donors (Lipinski definition) is 0. The summed E-state index contributed by atoms with van der Waals surface area (Å²) in [6.07, 6.45) is 3.76. The molecule has 1 aromatic rings. The van der Waals surface area contributed by atoms with Gasteiger partial charge in [0.2, 0.25) is 5.88 Å². The standard InChI is InChI=1S/C15H19NO4/c1-10(2)19-14-8-7-11(9-16-14)15(18)20-13-6-4-3-5-12(13)17/h7-10,13H,3-6H2,1-2H3/t13-/m1/s1. The van der Waals surface area contributed by atoms with Crippen LogP contribution in [0, 0.1) is 0 Å². The molecular weight excluding hydrogens is 258 g/mol. The summed E-state index contributed by atoms with van der Waals surface area (Å²) in [5.74, 6) is -0.0311. The van der Waals surface area contributed by atoms with Crippen molar-refractivity contribution < 1.29 is 19.1 Å². The van der Waals surface area contributed by atoms with E-state index in [-0.39, 0.29) is 11.9 Å². The number of nitrogens with zero attached hydrogens (tertiary/aromatic N) is 1. The van der Waals surface area contributed by atoms with Gasteiger partial charge in [-0.15, -0.1) is 0 Å². The van der Waals surface area contributed by atoms with Crippen LogP contribution in [0.15, 0.2) is 18.3 Å². The van der Waals surface area contributed by atoms with Gasteiger partial charge in [0.05, 0.1) is 11.7 Å². The number of carbonyl (C=O) groups excluding carboxylic acids is 2. The summed E-state index contributed by atoms with van der Waals surface area (Å²) < 4.78 is 10.6. The van der Waals surface area contributed by atoms with Gasteiger partial charge in [-0.25, -0.2) is 9.78 Å². The van der Waals surface area contributed by atoms with Crippen molar-refractivity contribution in [3.8, 4) is 5.88 Å². The minimum atomic E-state index is -0.595. The molecule has 0 spiro atoms. The third kappa shape index (κ3) is 3.79. The average molecular weight is 277 g/mol. The van der Waals surface area contributed by atoms with E-state index in [0.29, 0.717) is 24.3 Å². The second-order valence-electron chi connectivity index (χ2n) is 5.16. The van der Waals surface area contributed by atoms with Crippen LogP contribution < -0.4 is 4.74 Å². The van der Waals surface area contributed by atoms with E-state index in [2.05, 4.69) is 4.98 Å². The number of ether oxygens (including phenoxy) is 2. The molecule has 1 aliphatic rings. The molecule has 0 aromatic carbocycles. The Morgan fingerprint density at radius 2 is 2.15 bits per heavy atom. The zero-order valence-electron chi connectivity index (χ0n) is 11.8. The van der Waals surface area contributed by atoms with Gasteiger partial charge in [-0.2, -0.15) is 0 Å². The Morgan fingerprint density at radius 3 is 2.75 bits per heavy atom. The van der Waals surface area contributed by atoms with Crippen molar-refractivity contribution in [3.63, 3.8) is 0 Å². The third-order valence-corrected chi connectivity index (χ3v) is 3.08. The van der Waals surface area contributed by atoms with E-state index in [1.165, 1.54) is 6.20 Å². The Hall–Kier alpha value is -1.91. The first kappa shape index (κ1) is 14.5. The Bertz CT molecular complexity index is 481. The number of rotatable bonds is 4. The van der Waals surface area contributed by atoms with Crippen LogP contribution in [0.25, 0.3) is 0 Å². The molecule has 0 N–H and O–H groups in total. The SMILES string of the molecule is CC(C)Oc1ccc(C(=O)O[C@@H]2CCCCC2=O)cn1. The van der Waals surface area contributed by atoms with Crippen LogP contribution in [0.5, 0.6) is 5.88 Å². The molecule has 0 bridgehead atoms. The molecule has 0 radical (unpaired) electrons. The first-order valence-electron chi connectivity index (χ1n) is 6.92. The lowest BCUT2D eigenvalue weighted by Gasteiger charge is -2.20. The second kappa shape index (κ2) is 6.50. The molecule has 5 heteroatoms. The number of ketones is 1. The van der Waals surface area contributed by atoms with Gasteiger partial charge in [0.1, 0.15) is 0 Å². The number of carbonyl (C=O) groups is 2. The molecule has 1 atom stereocenters. The molecule has 5 nitrogen and oxygen atoms in total. The van der Waals surface area contributed by atoms with Gasteiger partial charge in [-0.3, -0.25) is 4.79 Å². The summed E-state index contributed by atoms with van der Waals surface area (Å²) in [5, 5.41) is 0. The van der Waals surface area contributed by atoms with Gasteiger partial charge in [0.15, 0.2) is 11.9 Å². The highest BCUT2D eigenvalue weighted by Crippen LogP contribution is 2.19. The van der Waals surface area contributed by atoms with Crippen molar-refractivity contribution in [2.45, 2.75) is 51.7 Å². The molecule has 1 aliphatic carbocycles. The molecule has 1 saturated carbocycles. The van der Waals surface area contributed by atoms with Crippen molar-refractivity contribution in [2.75, 3.05) is 0 Å². The van der Waals surface area contributed by atoms with Crippen molar-refractivity contribution in [1.82, 2.24) is 4.98 Å². The summed E-state index contributed by atoms with van der Waals surface area (Å²) >= 11 is 0. The minimum Gasteiger partial charge on any atom is -0.475 e. The van der Waals surface area contributed by atoms with Gasteiger partial charge < -0.3 is 9.47 Å². The maximum atomic E-state index is 11.9. The molecule has 1 fully saturated rings. The highest BCUT2D eigenvalue weighted by Gasteiger charge is 2.26. The summed E-state index contributed by atoms with van der Waals surface area (Å²) in [6, 6.07) is 3.22. The van der Waals surface area contributed by atoms with Gasteiger partial charge >= 0.3 is 5.97 Å². The molecule has 0 saturated heterocycles. The molecule has 1 heterocycles. The van der Waals surface area contributed by atoms with Gasteiger partial charge in [-0.05, 0) is 39.2 Å². The predicted molar refractivity (Wildman–Crippen MR) is 72.7 cm³/mol. The maximum Gasteiger partial charge on any atom is 0.340 e. The van der Waals surface area contributed by atoms with Crippen LogP contribution in [0.1, 0.15) is 49.9 Å². The predicted octanol–water partition coefficient (Wildman–Crippen LogP) is 2.54. The number of hydrogen-bond acceptors (Lipinski definition) is 5. The Kier molecular flexibility index (Phi) is 4.71. The lowest BCUT2D eigenvalue weighted by molar-refractivity contribution is -0.129. The van der Waals surface area contributed by atoms with Crippen LogP contribution in [-0.2, 0) is 9.53 Å². The Balaban J connectivity index is 1.96. The van der Waals surface area contributed by atoms with Gasteiger partial charge in [0, 0.05) is 18.7 Å². The van der Waals surface area contributed by atoms with E-state index >= 15 is 0 Å². The lowest BCUT2D eigenvalue weighted by atomic mass is 9.96. The van der Waals surface area contributed by atoms with Crippen molar-refractivity contribution in [2.24, 2.45) is 0 Å². The summed E-state index contributed by atoms with van der Waals surface area (Å²) in [5.41, 5.74) is 0.333. The molecule has 2 rings (SSSR count). The smallest absolute Gasteiger partial charge is 0.340 e. The van der Waals surface area contributed by atoms with E-state index in [4.69, 9.17) is 9.47 Å². The van der Waals surface area contributed by atoms with E-state index < -0.39 is 12.1 Å². The largest absolute Gasteiger partial charge is 0.475 e. The van der Waals surface area contributed by atoms with Crippen LogP contribution in [0.3, 0.4) is 0 Å². The van der Waals surface area contributed by atoms with Crippen LogP contribution in [-0.4, -0.2) is 28.9 Å². The van der Waals surface area contributed by atoms with Crippen LogP contribution >= 0.6 is 0 Å². The number of Topliss-reactive ketones (excluding diaryl/α,β-unsaturated/α-hetero) is 1. The fraction of sp³-hybridized carbons (Fsp3) is 0.533. The maximum absolute atomic E-state index is 11.9. The van der Waals surface area contributed by atoms with Crippen molar-refractivity contribution in [3.05, 3.63) is 23.9 Å². The van der Waals surface area contributed by atoms with Crippen molar-refractivity contribution in [1.29, 1.82) is 0 Å². The van der Waals surface area contributed by atoms with E-state index in [0.717, 1.165) is 12.8 Å². The highest BCUT2D eigenvalue weighted by molar-refractivity contribution is 5.92. The van der Waals surface area contributed by atoms with E-state index in [9.17, 15) is 9.59 Å². The molecule has 20 heavy (non-hydrogen) atoms. The quantitative estimate of drug-likeness (QED) is 0.791. The van der Waals surface area contributed by atoms with Gasteiger partial charge in [-0.1, -0.05) is 0 Å². The summed E-state index contributed by atoms with van der Waals surface area (Å²) in [4.78, 5) is 27.6. The fourth-order valence-corrected chi connectivity index (χ4v) is 2.09. The van der Waals surface area contributed by atoms with Crippen LogP contribution in [0.4, 0.5) is 0 Å². The zero-order valence-corrected chi connectivity index (χ0v) is 11.8. The number of pyridine rings is 1. The van der Waals surface area contributed by atoms with E-state index in [1.807, 2.05) is 13.8 Å². The first-order chi connectivity index (χ1) is 9.56. The van der Waals surface area contributed by atoms with Gasteiger partial charge in [0.25, 0.3) is 0 Å². The minimum absolute atomic E-state index is 0.0114. The average Bonchev–Trinajstić information content (AvgIpc) is 2.41. The van der Waals surface area contributed by atoms with Crippen molar-refractivity contribution >= 4 is 11.8 Å². The van der Waals surface area contributed by atoms with E-state index in [1.54, 1.807) is 12.1 Å². The molecule has 0 unspecified atom stereocenters. The molecule has 108 valence electrons. The summed E-state index contributed by atoms with van der Waals surface area (Å²) in [6.45, 7) is 3.80. The molecule has 1 aromatic heterocycles. The Morgan fingerprint density at radius 1 is 1.35 bits per heavy atom. The highest BCUT2D eigenvalue weighted by atomic mass is 16.5.